The number of carbonyl (C=O) groups excluding carboxylic acids is 3. The van der Waals surface area contributed by atoms with Gasteiger partial charge < -0.3 is 15.5 Å². The molecule has 3 aliphatic rings. The van der Waals surface area contributed by atoms with E-state index >= 15 is 0 Å². The highest BCUT2D eigenvalue weighted by molar-refractivity contribution is 6.05. The van der Waals surface area contributed by atoms with Crippen molar-refractivity contribution in [2.45, 2.75) is 50.9 Å². The molecule has 2 aromatic rings. The summed E-state index contributed by atoms with van der Waals surface area (Å²) in [7, 11) is 0. The van der Waals surface area contributed by atoms with Gasteiger partial charge in [-0.15, -0.1) is 0 Å². The number of hydrogen-bond acceptors (Lipinski definition) is 5. The van der Waals surface area contributed by atoms with Crippen LogP contribution in [0.3, 0.4) is 0 Å². The molecule has 2 aromatic carbocycles. The highest BCUT2D eigenvalue weighted by atomic mass is 16.2. The van der Waals surface area contributed by atoms with Crippen molar-refractivity contribution in [3.05, 3.63) is 64.7 Å². The molecule has 3 amide bonds. The van der Waals surface area contributed by atoms with Crippen LogP contribution in [0.5, 0.6) is 0 Å². The topological polar surface area (TPSA) is 90.5 Å². The van der Waals surface area contributed by atoms with E-state index in [9.17, 15) is 14.4 Å². The van der Waals surface area contributed by atoms with Crippen LogP contribution in [0.25, 0.3) is 0 Å². The number of para-hydroxylation sites is 1. The van der Waals surface area contributed by atoms with E-state index in [1.807, 2.05) is 18.2 Å². The number of nitrogens with one attached hydrogen (secondary N) is 3. The molecule has 1 fully saturated rings. The number of benzene rings is 2. The summed E-state index contributed by atoms with van der Waals surface area (Å²) >= 11 is 0. The van der Waals surface area contributed by atoms with E-state index in [2.05, 4.69) is 40.2 Å². The SMILES string of the molecule is O=C1CCC(N2Cc3ccc(CNC4CCCNc5ccccc54)cc3C2=O)C(=O)N1. The molecule has 0 aromatic heterocycles. The molecule has 0 radical (unpaired) electrons. The third-order valence-electron chi connectivity index (χ3n) is 6.47. The number of amides is 3. The van der Waals surface area contributed by atoms with Gasteiger partial charge in [-0.25, -0.2) is 0 Å². The Hall–Kier alpha value is -3.19. The van der Waals surface area contributed by atoms with Gasteiger partial charge in [0, 0.05) is 43.3 Å². The van der Waals surface area contributed by atoms with Crippen LogP contribution in [0.1, 0.15) is 58.8 Å². The zero-order valence-electron chi connectivity index (χ0n) is 17.3. The zero-order chi connectivity index (χ0) is 21.4. The number of piperidine rings is 1. The maximum atomic E-state index is 13.0. The Morgan fingerprint density at radius 3 is 2.81 bits per heavy atom. The smallest absolute Gasteiger partial charge is 0.255 e. The van der Waals surface area contributed by atoms with Gasteiger partial charge in [-0.2, -0.15) is 0 Å². The van der Waals surface area contributed by atoms with Gasteiger partial charge in [0.2, 0.25) is 11.8 Å². The van der Waals surface area contributed by atoms with Crippen molar-refractivity contribution in [3.8, 4) is 0 Å². The number of carbonyl (C=O) groups is 3. The highest BCUT2D eigenvalue weighted by Gasteiger charge is 2.39. The number of hydrogen-bond donors (Lipinski definition) is 3. The van der Waals surface area contributed by atoms with Crippen LogP contribution in [-0.4, -0.2) is 35.2 Å². The first kappa shape index (κ1) is 19.8. The number of imide groups is 1. The predicted molar refractivity (Wildman–Crippen MR) is 116 cm³/mol. The minimum absolute atomic E-state index is 0.129. The molecule has 3 N–H and O–H groups in total. The monoisotopic (exact) mass is 418 g/mol. The van der Waals surface area contributed by atoms with Crippen molar-refractivity contribution >= 4 is 23.4 Å². The fourth-order valence-electron chi connectivity index (χ4n) is 4.81. The van der Waals surface area contributed by atoms with Crippen LogP contribution in [0.2, 0.25) is 0 Å². The standard InChI is InChI=1S/C24H26N4O3/c29-22-10-9-21(23(30)27-22)28-14-16-8-7-15(12-18(16)24(28)31)13-26-20-6-3-11-25-19-5-2-1-4-17(19)20/h1-2,4-5,7-8,12,20-21,25-26H,3,6,9-11,13-14H2,(H,27,29,30). The number of anilines is 1. The van der Waals surface area contributed by atoms with Crippen molar-refractivity contribution in [2.24, 2.45) is 0 Å². The molecule has 1 saturated heterocycles. The Bertz CT molecular complexity index is 1050. The lowest BCUT2D eigenvalue weighted by atomic mass is 10.0. The summed E-state index contributed by atoms with van der Waals surface area (Å²) in [6.07, 6.45) is 2.80. The molecule has 0 spiro atoms. The van der Waals surface area contributed by atoms with Gasteiger partial charge in [-0.05, 0) is 48.1 Å². The first-order chi connectivity index (χ1) is 15.1. The molecule has 3 heterocycles. The zero-order valence-corrected chi connectivity index (χ0v) is 17.3. The van der Waals surface area contributed by atoms with Crippen molar-refractivity contribution in [1.29, 1.82) is 0 Å². The maximum Gasteiger partial charge on any atom is 0.255 e. The Kier molecular flexibility index (Phi) is 5.19. The second-order valence-corrected chi connectivity index (χ2v) is 8.48. The molecule has 7 heteroatoms. The van der Waals surface area contributed by atoms with Gasteiger partial charge in [0.15, 0.2) is 0 Å². The lowest BCUT2D eigenvalue weighted by molar-refractivity contribution is -0.136. The molecule has 160 valence electrons. The Morgan fingerprint density at radius 2 is 1.94 bits per heavy atom. The molecule has 2 unspecified atom stereocenters. The molecule has 31 heavy (non-hydrogen) atoms. The highest BCUT2D eigenvalue weighted by Crippen LogP contribution is 2.31. The first-order valence-electron chi connectivity index (χ1n) is 10.9. The largest absolute Gasteiger partial charge is 0.385 e. The molecule has 7 nitrogen and oxygen atoms in total. The van der Waals surface area contributed by atoms with Gasteiger partial charge in [0.25, 0.3) is 5.91 Å². The van der Waals surface area contributed by atoms with Crippen LogP contribution >= 0.6 is 0 Å². The van der Waals surface area contributed by atoms with Crippen molar-refractivity contribution in [3.63, 3.8) is 0 Å². The molecule has 0 saturated carbocycles. The van der Waals surface area contributed by atoms with Crippen LogP contribution < -0.4 is 16.0 Å². The van der Waals surface area contributed by atoms with Crippen molar-refractivity contribution in [2.75, 3.05) is 11.9 Å². The summed E-state index contributed by atoms with van der Waals surface area (Å²) in [6.45, 7) is 2.05. The number of nitrogens with zero attached hydrogens (tertiary/aromatic N) is 1. The number of rotatable bonds is 4. The van der Waals surface area contributed by atoms with Crippen LogP contribution in [0, 0.1) is 0 Å². The van der Waals surface area contributed by atoms with E-state index < -0.39 is 6.04 Å². The lowest BCUT2D eigenvalue weighted by Gasteiger charge is -2.29. The van der Waals surface area contributed by atoms with Crippen molar-refractivity contribution < 1.29 is 14.4 Å². The van der Waals surface area contributed by atoms with E-state index in [-0.39, 0.29) is 30.2 Å². The van der Waals surface area contributed by atoms with Gasteiger partial charge >= 0.3 is 0 Å². The predicted octanol–water partition coefficient (Wildman–Crippen LogP) is 2.48. The second-order valence-electron chi connectivity index (χ2n) is 8.48. The third-order valence-corrected chi connectivity index (χ3v) is 6.47. The van der Waals surface area contributed by atoms with E-state index in [1.54, 1.807) is 4.90 Å². The minimum Gasteiger partial charge on any atom is -0.385 e. The molecule has 0 bridgehead atoms. The van der Waals surface area contributed by atoms with Gasteiger partial charge in [-0.1, -0.05) is 30.3 Å². The van der Waals surface area contributed by atoms with E-state index in [1.165, 1.54) is 11.3 Å². The Balaban J connectivity index is 1.29. The summed E-state index contributed by atoms with van der Waals surface area (Å²) in [4.78, 5) is 38.3. The minimum atomic E-state index is -0.575. The van der Waals surface area contributed by atoms with Gasteiger partial charge in [-0.3, -0.25) is 19.7 Å². The summed E-state index contributed by atoms with van der Waals surface area (Å²) < 4.78 is 0. The van der Waals surface area contributed by atoms with E-state index in [0.29, 0.717) is 25.1 Å². The Morgan fingerprint density at radius 1 is 1.06 bits per heavy atom. The van der Waals surface area contributed by atoms with Crippen LogP contribution in [0.15, 0.2) is 42.5 Å². The summed E-state index contributed by atoms with van der Waals surface area (Å²) in [5.74, 6) is -0.774. The number of fused-ring (bicyclic) bond motifs is 2. The maximum absolute atomic E-state index is 13.0. The average molecular weight is 418 g/mol. The summed E-state index contributed by atoms with van der Waals surface area (Å²) in [6, 6.07) is 14.1. The van der Waals surface area contributed by atoms with Gasteiger partial charge in [0.1, 0.15) is 6.04 Å². The van der Waals surface area contributed by atoms with Crippen molar-refractivity contribution in [1.82, 2.24) is 15.5 Å². The molecular weight excluding hydrogens is 392 g/mol. The lowest BCUT2D eigenvalue weighted by Crippen LogP contribution is -2.52. The molecule has 5 rings (SSSR count). The van der Waals surface area contributed by atoms with Gasteiger partial charge in [0.05, 0.1) is 0 Å². The Labute approximate surface area is 181 Å². The summed E-state index contributed by atoms with van der Waals surface area (Å²) in [5, 5.41) is 9.50. The van der Waals surface area contributed by atoms with E-state index in [4.69, 9.17) is 0 Å². The average Bonchev–Trinajstić information content (AvgIpc) is 2.95. The fourth-order valence-corrected chi connectivity index (χ4v) is 4.81. The van der Waals surface area contributed by atoms with Crippen LogP contribution in [0.4, 0.5) is 5.69 Å². The molecule has 0 aliphatic carbocycles. The van der Waals surface area contributed by atoms with Crippen LogP contribution in [-0.2, 0) is 22.7 Å². The first-order valence-corrected chi connectivity index (χ1v) is 10.9. The fraction of sp³-hybridized carbons (Fsp3) is 0.375. The third kappa shape index (κ3) is 3.81. The normalized spacial score (nSPS) is 23.0. The molecule has 2 atom stereocenters. The van der Waals surface area contributed by atoms with E-state index in [0.717, 1.165) is 30.5 Å². The molecular formula is C24H26N4O3. The summed E-state index contributed by atoms with van der Waals surface area (Å²) in [5.41, 5.74) is 5.10. The second kappa shape index (κ2) is 8.15. The molecule has 3 aliphatic heterocycles. The quantitative estimate of drug-likeness (QED) is 0.664.